The molecule has 0 aliphatic heterocycles. The zero-order valence-electron chi connectivity index (χ0n) is 19.3. The lowest BCUT2D eigenvalue weighted by Crippen LogP contribution is -2.35. The van der Waals surface area contributed by atoms with E-state index < -0.39 is 39.5 Å². The van der Waals surface area contributed by atoms with Crippen molar-refractivity contribution in [2.45, 2.75) is 31.8 Å². The van der Waals surface area contributed by atoms with Gasteiger partial charge >= 0.3 is 12.4 Å². The second kappa shape index (κ2) is 10.0. The fourth-order valence-corrected chi connectivity index (χ4v) is 3.74. The van der Waals surface area contributed by atoms with Gasteiger partial charge in [-0.1, -0.05) is 6.07 Å². The lowest BCUT2D eigenvalue weighted by molar-refractivity contribution is -0.141. The average molecular weight is 551 g/mol. The van der Waals surface area contributed by atoms with E-state index in [1.54, 1.807) is 0 Å². The summed E-state index contributed by atoms with van der Waals surface area (Å²) in [6.07, 6.45) is -7.75. The quantitative estimate of drug-likeness (QED) is 0.309. The van der Waals surface area contributed by atoms with Crippen LogP contribution in [0.25, 0.3) is 11.5 Å². The van der Waals surface area contributed by atoms with E-state index >= 15 is 0 Å². The summed E-state index contributed by atoms with van der Waals surface area (Å²) < 4.78 is 106. The van der Waals surface area contributed by atoms with E-state index in [4.69, 9.17) is 4.18 Å². The van der Waals surface area contributed by atoms with Crippen LogP contribution in [0.4, 0.5) is 43.9 Å². The summed E-state index contributed by atoms with van der Waals surface area (Å²) >= 11 is 0. The molecule has 3 rings (SSSR count). The second-order valence-corrected chi connectivity index (χ2v) is 9.74. The highest BCUT2D eigenvalue weighted by molar-refractivity contribution is 7.86. The monoisotopic (exact) mass is 551 g/mol. The first-order valence-corrected chi connectivity index (χ1v) is 12.0. The van der Waals surface area contributed by atoms with Crippen molar-refractivity contribution in [2.24, 2.45) is 0 Å². The summed E-state index contributed by atoms with van der Waals surface area (Å²) in [6.45, 7) is 2.69. The normalized spacial score (nSPS) is 12.9. The van der Waals surface area contributed by atoms with E-state index in [1.807, 2.05) is 0 Å². The van der Waals surface area contributed by atoms with Crippen LogP contribution in [-0.4, -0.2) is 51.7 Å². The Morgan fingerprint density at radius 1 is 0.892 bits per heavy atom. The Kier molecular flexibility index (Phi) is 7.59. The number of nitrogens with one attached hydrogen (secondary N) is 2. The van der Waals surface area contributed by atoms with Crippen molar-refractivity contribution in [1.29, 1.82) is 0 Å². The first-order valence-electron chi connectivity index (χ1n) is 10.2. The number of alkyl halides is 6. The predicted octanol–water partition coefficient (Wildman–Crippen LogP) is 4.28. The Bertz CT molecular complexity index is 1380. The zero-order valence-corrected chi connectivity index (χ0v) is 20.1. The molecule has 37 heavy (non-hydrogen) atoms. The molecule has 3 aromatic heterocycles. The Labute approximate surface area is 206 Å². The highest BCUT2D eigenvalue weighted by Crippen LogP contribution is 2.31. The third-order valence-corrected chi connectivity index (χ3v) is 5.01. The van der Waals surface area contributed by atoms with Crippen LogP contribution in [0.2, 0.25) is 0 Å². The van der Waals surface area contributed by atoms with Crippen molar-refractivity contribution in [3.8, 4) is 11.5 Å². The molecule has 2 N–H and O–H groups in total. The van der Waals surface area contributed by atoms with Gasteiger partial charge < -0.3 is 10.6 Å². The predicted molar refractivity (Wildman–Crippen MR) is 119 cm³/mol. The topological polar surface area (TPSA) is 132 Å². The fraction of sp³-hybridized carbons (Fsp3) is 0.350. The summed E-state index contributed by atoms with van der Waals surface area (Å²) in [6, 6.07) is 4.89. The van der Waals surface area contributed by atoms with Gasteiger partial charge in [-0.05, 0) is 38.1 Å². The van der Waals surface area contributed by atoms with Gasteiger partial charge in [0.2, 0.25) is 11.9 Å². The molecule has 17 heteroatoms. The van der Waals surface area contributed by atoms with E-state index in [0.717, 1.165) is 24.6 Å². The van der Waals surface area contributed by atoms with Crippen LogP contribution < -0.4 is 10.6 Å². The van der Waals surface area contributed by atoms with E-state index in [1.165, 1.54) is 26.0 Å². The molecule has 0 aliphatic carbocycles. The van der Waals surface area contributed by atoms with Crippen LogP contribution in [0.5, 0.6) is 0 Å². The molecule has 3 aromatic rings. The number of aromatic nitrogens is 5. The molecule has 0 atom stereocenters. The molecule has 0 amide bonds. The molecule has 0 unspecified atom stereocenters. The average Bonchev–Trinajstić information content (AvgIpc) is 2.75. The molecule has 10 nitrogen and oxygen atoms in total. The molecule has 0 aliphatic rings. The van der Waals surface area contributed by atoms with Crippen LogP contribution in [-0.2, 0) is 26.7 Å². The number of pyridine rings is 2. The molecule has 0 bridgehead atoms. The first-order chi connectivity index (χ1) is 16.9. The number of hydrogen-bond acceptors (Lipinski definition) is 10. The van der Waals surface area contributed by atoms with Crippen molar-refractivity contribution in [1.82, 2.24) is 24.9 Å². The number of halogens is 6. The molecule has 3 heterocycles. The molecular formula is C20H19F6N7O3S. The third-order valence-electron chi connectivity index (χ3n) is 4.26. The Hall–Kier alpha value is -3.60. The van der Waals surface area contributed by atoms with Gasteiger partial charge in [-0.25, -0.2) is 4.98 Å². The standard InChI is InChI=1S/C20H19F6N7O3S/c1-18(2,36-37(3,34)35)10-28-16-31-15(12-5-4-6-13(30-12)19(21,22)23)32-17(33-16)29-11-7-8-27-14(9-11)20(24,25)26/h4-9H,10H2,1-3H3,(H2,27,28,29,31,32,33). The minimum absolute atomic E-state index is 0.122. The van der Waals surface area contributed by atoms with Crippen LogP contribution in [0.3, 0.4) is 0 Å². The van der Waals surface area contributed by atoms with Gasteiger partial charge in [0.05, 0.1) is 11.9 Å². The van der Waals surface area contributed by atoms with Crippen molar-refractivity contribution in [2.75, 3.05) is 23.4 Å². The van der Waals surface area contributed by atoms with Crippen molar-refractivity contribution in [3.63, 3.8) is 0 Å². The fourth-order valence-electron chi connectivity index (χ4n) is 2.87. The molecule has 0 fully saturated rings. The van der Waals surface area contributed by atoms with Crippen molar-refractivity contribution >= 4 is 27.7 Å². The Morgan fingerprint density at radius 2 is 1.54 bits per heavy atom. The number of hydrogen-bond donors (Lipinski definition) is 2. The number of rotatable bonds is 8. The highest BCUT2D eigenvalue weighted by Gasteiger charge is 2.33. The molecule has 0 spiro atoms. The van der Waals surface area contributed by atoms with E-state index in [2.05, 4.69) is 35.6 Å². The largest absolute Gasteiger partial charge is 0.433 e. The Balaban J connectivity index is 2.01. The van der Waals surface area contributed by atoms with Gasteiger partial charge in [-0.15, -0.1) is 0 Å². The molecule has 0 saturated carbocycles. The van der Waals surface area contributed by atoms with Crippen LogP contribution in [0.15, 0.2) is 36.5 Å². The zero-order chi connectivity index (χ0) is 27.6. The maximum Gasteiger partial charge on any atom is 0.433 e. The molecule has 0 radical (unpaired) electrons. The maximum atomic E-state index is 13.1. The molecule has 0 aromatic carbocycles. The summed E-state index contributed by atoms with van der Waals surface area (Å²) in [5, 5.41) is 5.22. The van der Waals surface area contributed by atoms with Gasteiger partial charge in [0.25, 0.3) is 10.1 Å². The number of anilines is 3. The summed E-state index contributed by atoms with van der Waals surface area (Å²) in [5.74, 6) is -0.937. The molecular weight excluding hydrogens is 532 g/mol. The lowest BCUT2D eigenvalue weighted by atomic mass is 10.1. The van der Waals surface area contributed by atoms with Gasteiger partial charge in [0, 0.05) is 18.4 Å². The van der Waals surface area contributed by atoms with Gasteiger partial charge in [0.1, 0.15) is 17.1 Å². The van der Waals surface area contributed by atoms with Crippen LogP contribution >= 0.6 is 0 Å². The third kappa shape index (κ3) is 8.21. The SMILES string of the molecule is CC(C)(CNc1nc(Nc2ccnc(C(F)(F)F)c2)nc(-c2cccc(C(F)(F)F)n2)n1)OS(C)(=O)=O. The van der Waals surface area contributed by atoms with Crippen molar-refractivity contribution in [3.05, 3.63) is 47.9 Å². The summed E-state index contributed by atoms with van der Waals surface area (Å²) in [7, 11) is -3.84. The van der Waals surface area contributed by atoms with Gasteiger partial charge in [-0.3, -0.25) is 9.17 Å². The minimum Gasteiger partial charge on any atom is -0.351 e. The van der Waals surface area contributed by atoms with E-state index in [9.17, 15) is 34.8 Å². The lowest BCUT2D eigenvalue weighted by Gasteiger charge is -2.23. The minimum atomic E-state index is -4.76. The highest BCUT2D eigenvalue weighted by atomic mass is 32.2. The number of nitrogens with zero attached hydrogens (tertiary/aromatic N) is 5. The van der Waals surface area contributed by atoms with E-state index in [-0.39, 0.29) is 35.6 Å². The van der Waals surface area contributed by atoms with Crippen molar-refractivity contribution < 1.29 is 38.9 Å². The summed E-state index contributed by atoms with van der Waals surface area (Å²) in [5.41, 5.74) is -4.15. The first kappa shape index (κ1) is 28.0. The van der Waals surface area contributed by atoms with Gasteiger partial charge in [-0.2, -0.15) is 49.7 Å². The summed E-state index contributed by atoms with van der Waals surface area (Å²) in [4.78, 5) is 18.8. The van der Waals surface area contributed by atoms with Crippen LogP contribution in [0.1, 0.15) is 25.2 Å². The van der Waals surface area contributed by atoms with Gasteiger partial charge in [0.15, 0.2) is 5.82 Å². The Morgan fingerprint density at radius 3 is 2.16 bits per heavy atom. The maximum absolute atomic E-state index is 13.1. The smallest absolute Gasteiger partial charge is 0.351 e. The molecule has 200 valence electrons. The second-order valence-electron chi connectivity index (χ2n) is 8.17. The van der Waals surface area contributed by atoms with Crippen LogP contribution in [0, 0.1) is 0 Å². The van der Waals surface area contributed by atoms with E-state index in [0.29, 0.717) is 6.07 Å². The molecule has 0 saturated heterocycles.